The van der Waals surface area contributed by atoms with Gasteiger partial charge in [-0.3, -0.25) is 14.6 Å². The van der Waals surface area contributed by atoms with Crippen LogP contribution in [0.1, 0.15) is 26.3 Å². The number of nitrogens with zero attached hydrogens (tertiary/aromatic N) is 4. The zero-order chi connectivity index (χ0) is 26.7. The molecule has 2 aromatic carbocycles. The first-order valence-electron chi connectivity index (χ1n) is 11.5. The standard InChI is InChI=1S/C26H20F3IN4O4/c27-26(28,29)38-20-4-2-19(3-5-20)32-23-21-6-1-17(15-22(21)31-9-8-30-23)24(35)33-10-12-34(13-11-33)25(36)18-7-14-37-16-18/h1-9,14-16H,10-13H2. The molecule has 0 atom stereocenters. The number of hydrogen-bond acceptors (Lipinski definition) is 6. The van der Waals surface area contributed by atoms with Crippen LogP contribution in [0.2, 0.25) is 0 Å². The van der Waals surface area contributed by atoms with E-state index < -0.39 is 27.1 Å². The van der Waals surface area contributed by atoms with Crippen molar-refractivity contribution in [3.05, 3.63) is 77.7 Å². The lowest BCUT2D eigenvalue weighted by Gasteiger charge is -2.34. The van der Waals surface area contributed by atoms with Gasteiger partial charge in [-0.2, -0.15) is 0 Å². The van der Waals surface area contributed by atoms with E-state index in [1.165, 1.54) is 36.8 Å². The van der Waals surface area contributed by atoms with Gasteiger partial charge in [0.1, 0.15) is 15.7 Å². The van der Waals surface area contributed by atoms with Gasteiger partial charge in [-0.15, -0.1) is 13.2 Å². The summed E-state index contributed by atoms with van der Waals surface area (Å²) < 4.78 is 48.9. The Hall–Kier alpha value is -3.81. The van der Waals surface area contributed by atoms with E-state index in [1.807, 2.05) is 4.01 Å². The predicted molar refractivity (Wildman–Crippen MR) is 145 cm³/mol. The Morgan fingerprint density at radius 3 is 2.26 bits per heavy atom. The van der Waals surface area contributed by atoms with E-state index in [0.717, 1.165) is 9.28 Å². The Kier molecular flexibility index (Phi) is 7.40. The zero-order valence-corrected chi connectivity index (χ0v) is 21.8. The van der Waals surface area contributed by atoms with E-state index in [2.05, 4.69) is 14.7 Å². The molecule has 2 amide bonds. The highest BCUT2D eigenvalue weighted by molar-refractivity contribution is 14.2. The number of fused-ring (bicyclic) bond motifs is 1. The lowest BCUT2D eigenvalue weighted by molar-refractivity contribution is -0.274. The Balaban J connectivity index is 1.30. The van der Waals surface area contributed by atoms with Crippen molar-refractivity contribution >= 4 is 57.9 Å². The molecule has 0 N–H and O–H groups in total. The summed E-state index contributed by atoms with van der Waals surface area (Å²) in [6, 6.07) is 12.2. The minimum Gasteiger partial charge on any atom is -0.472 e. The van der Waals surface area contributed by atoms with Crippen molar-refractivity contribution in [3.8, 4) is 5.75 Å². The van der Waals surface area contributed by atoms with Crippen LogP contribution >= 0.6 is 20.7 Å². The summed E-state index contributed by atoms with van der Waals surface area (Å²) >= 11 is -0.665. The summed E-state index contributed by atoms with van der Waals surface area (Å²) in [5, 5.41) is 0. The Bertz CT molecular complexity index is 1430. The first kappa shape index (κ1) is 25.8. The van der Waals surface area contributed by atoms with Crippen molar-refractivity contribution in [3.63, 3.8) is 0 Å². The molecule has 0 aliphatic carbocycles. The van der Waals surface area contributed by atoms with E-state index in [1.54, 1.807) is 40.3 Å². The molecule has 0 spiro atoms. The lowest BCUT2D eigenvalue weighted by atomic mass is 10.1. The molecule has 3 heterocycles. The molecule has 5 rings (SSSR count). The van der Waals surface area contributed by atoms with Crippen LogP contribution in [-0.4, -0.2) is 68.1 Å². The fraction of sp³-hybridized carbons (Fsp3) is 0.192. The van der Waals surface area contributed by atoms with Crippen molar-refractivity contribution in [1.82, 2.24) is 9.80 Å². The Morgan fingerprint density at radius 2 is 1.63 bits per heavy atom. The molecule has 196 valence electrons. The molecule has 3 aromatic rings. The number of benzene rings is 2. The third-order valence-corrected chi connectivity index (χ3v) is 7.92. The molecule has 0 radical (unpaired) electrons. The third kappa shape index (κ3) is 6.01. The van der Waals surface area contributed by atoms with Gasteiger partial charge < -0.3 is 19.0 Å². The van der Waals surface area contributed by atoms with Crippen LogP contribution in [0.15, 0.2) is 75.5 Å². The smallest absolute Gasteiger partial charge is 0.472 e. The second-order valence-corrected chi connectivity index (χ2v) is 10.6. The molecule has 0 unspecified atom stereocenters. The highest BCUT2D eigenvalue weighted by atomic mass is 127. The number of piperazine rings is 1. The topological polar surface area (TPSA) is 87.7 Å². The van der Waals surface area contributed by atoms with Crippen molar-refractivity contribution in [1.29, 1.82) is 0 Å². The van der Waals surface area contributed by atoms with Crippen molar-refractivity contribution < 1.29 is 31.9 Å². The molecule has 1 saturated heterocycles. The van der Waals surface area contributed by atoms with Gasteiger partial charge in [0.05, 0.1) is 23.2 Å². The first-order chi connectivity index (χ1) is 18.3. The molecule has 2 aliphatic heterocycles. The van der Waals surface area contributed by atoms with Gasteiger partial charge in [-0.1, -0.05) is 20.7 Å². The zero-order valence-electron chi connectivity index (χ0n) is 19.7. The fourth-order valence-electron chi connectivity index (χ4n) is 3.99. The van der Waals surface area contributed by atoms with Crippen LogP contribution in [0.4, 0.5) is 24.5 Å². The van der Waals surface area contributed by atoms with Crippen molar-refractivity contribution in [2.75, 3.05) is 26.2 Å². The number of amides is 2. The SMILES string of the molecule is O=C(c1ccoc1)N1CCN(C(=O)c2ccc3c(c2)N=CC=IC3=Nc2ccc(OC(F)(F)F)cc2)CC1. The van der Waals surface area contributed by atoms with Gasteiger partial charge in [-0.05, 0) is 52.5 Å². The Morgan fingerprint density at radius 1 is 0.947 bits per heavy atom. The molecule has 2 aliphatic rings. The maximum absolute atomic E-state index is 13.2. The number of rotatable bonds is 4. The van der Waals surface area contributed by atoms with Crippen LogP contribution in [0, 0.1) is 0 Å². The molecule has 0 bridgehead atoms. The van der Waals surface area contributed by atoms with Crippen LogP contribution in [-0.2, 0) is 0 Å². The van der Waals surface area contributed by atoms with Gasteiger partial charge in [0.2, 0.25) is 0 Å². The molecular formula is C26H20F3IN4O4. The number of aliphatic imine (C=N–C) groups is 2. The molecule has 1 fully saturated rings. The van der Waals surface area contributed by atoms with E-state index in [-0.39, 0.29) is 17.6 Å². The summed E-state index contributed by atoms with van der Waals surface area (Å²) in [6.45, 7) is 1.65. The molecule has 8 nitrogen and oxygen atoms in total. The number of carbonyl (C=O) groups excluding carboxylic acids is 2. The fourth-order valence-corrected chi connectivity index (χ4v) is 5.86. The van der Waals surface area contributed by atoms with Crippen LogP contribution in [0.3, 0.4) is 0 Å². The summed E-state index contributed by atoms with van der Waals surface area (Å²) in [7, 11) is 0. The second-order valence-electron chi connectivity index (χ2n) is 8.29. The van der Waals surface area contributed by atoms with E-state index in [9.17, 15) is 22.8 Å². The minimum absolute atomic E-state index is 0.126. The van der Waals surface area contributed by atoms with Gasteiger partial charge in [0.15, 0.2) is 0 Å². The maximum Gasteiger partial charge on any atom is 0.573 e. The van der Waals surface area contributed by atoms with Gasteiger partial charge in [-0.25, -0.2) is 4.99 Å². The van der Waals surface area contributed by atoms with Gasteiger partial charge in [0, 0.05) is 43.5 Å². The Labute approximate surface area is 225 Å². The van der Waals surface area contributed by atoms with Gasteiger partial charge in [0.25, 0.3) is 11.8 Å². The summed E-state index contributed by atoms with van der Waals surface area (Å²) in [6.07, 6.45) is -0.215. The predicted octanol–water partition coefficient (Wildman–Crippen LogP) is 5.34. The average molecular weight is 636 g/mol. The maximum atomic E-state index is 13.2. The van der Waals surface area contributed by atoms with Crippen molar-refractivity contribution in [2.45, 2.75) is 6.36 Å². The van der Waals surface area contributed by atoms with Crippen LogP contribution < -0.4 is 4.74 Å². The number of carbonyl (C=O) groups is 2. The second kappa shape index (κ2) is 10.9. The van der Waals surface area contributed by atoms with E-state index in [0.29, 0.717) is 48.7 Å². The summed E-state index contributed by atoms with van der Waals surface area (Å²) in [5.41, 5.74) is 2.80. The normalized spacial score (nSPS) is 16.6. The third-order valence-electron chi connectivity index (χ3n) is 5.82. The first-order valence-corrected chi connectivity index (χ1v) is 13.8. The molecule has 0 saturated carbocycles. The van der Waals surface area contributed by atoms with Crippen molar-refractivity contribution in [2.24, 2.45) is 9.98 Å². The number of hydrogen-bond donors (Lipinski definition) is 0. The summed E-state index contributed by atoms with van der Waals surface area (Å²) in [4.78, 5) is 38.3. The monoisotopic (exact) mass is 636 g/mol. The molecule has 12 heteroatoms. The molecular weight excluding hydrogens is 616 g/mol. The number of ether oxygens (including phenoxy) is 1. The summed E-state index contributed by atoms with van der Waals surface area (Å²) in [5.74, 6) is -0.596. The van der Waals surface area contributed by atoms with Crippen LogP contribution in [0.25, 0.3) is 0 Å². The number of halogens is 4. The quantitative estimate of drug-likeness (QED) is 0.362. The lowest BCUT2D eigenvalue weighted by Crippen LogP contribution is -2.50. The molecule has 1 aromatic heterocycles. The average Bonchev–Trinajstić information content (AvgIpc) is 3.38. The van der Waals surface area contributed by atoms with E-state index >= 15 is 0 Å². The molecule has 38 heavy (non-hydrogen) atoms. The van der Waals surface area contributed by atoms with E-state index in [4.69, 9.17) is 4.42 Å². The number of furan rings is 1. The van der Waals surface area contributed by atoms with Crippen LogP contribution in [0.5, 0.6) is 5.75 Å². The highest BCUT2D eigenvalue weighted by Gasteiger charge is 2.31. The van der Waals surface area contributed by atoms with Gasteiger partial charge >= 0.3 is 6.36 Å². The largest absolute Gasteiger partial charge is 0.573 e. The highest BCUT2D eigenvalue weighted by Crippen LogP contribution is 2.31. The number of alkyl halides is 3. The minimum atomic E-state index is -4.76.